The van der Waals surface area contributed by atoms with Crippen molar-refractivity contribution in [1.29, 1.82) is 0 Å². The number of halogens is 1. The number of esters is 1. The Hall–Kier alpha value is -1.99. The number of para-hydroxylation sites is 1. The van der Waals surface area contributed by atoms with Gasteiger partial charge in [-0.3, -0.25) is 9.69 Å². The van der Waals surface area contributed by atoms with Crippen LogP contribution in [0.4, 0.5) is 4.39 Å². The molecule has 0 radical (unpaired) electrons. The molecule has 0 aliphatic carbocycles. The molecule has 1 fully saturated rings. The smallest absolute Gasteiger partial charge is 0.323 e. The molecule has 1 aliphatic heterocycles. The molecule has 23 heavy (non-hydrogen) atoms. The highest BCUT2D eigenvalue weighted by Gasteiger charge is 2.37. The summed E-state index contributed by atoms with van der Waals surface area (Å²) in [7, 11) is 1.34. The number of hydrogen-bond donors (Lipinski definition) is 1. The van der Waals surface area contributed by atoms with E-state index < -0.39 is 12.1 Å². The van der Waals surface area contributed by atoms with Crippen LogP contribution in [0, 0.1) is 5.82 Å². The van der Waals surface area contributed by atoms with E-state index in [0.717, 1.165) is 5.52 Å². The van der Waals surface area contributed by atoms with Crippen LogP contribution in [0.15, 0.2) is 18.2 Å². The molecule has 1 saturated heterocycles. The van der Waals surface area contributed by atoms with Crippen LogP contribution in [-0.4, -0.2) is 51.3 Å². The van der Waals surface area contributed by atoms with Crippen LogP contribution in [0.25, 0.3) is 11.0 Å². The van der Waals surface area contributed by atoms with Gasteiger partial charge in [0.2, 0.25) is 0 Å². The highest BCUT2D eigenvalue weighted by molar-refractivity contribution is 5.77. The van der Waals surface area contributed by atoms with Gasteiger partial charge in [0.05, 0.1) is 25.3 Å². The number of β-amino-alcohol motifs (C(OH)–C–C–N with tert-alkyl or cyclic N) is 1. The first-order valence-electron chi connectivity index (χ1n) is 7.68. The minimum atomic E-state index is -0.574. The fraction of sp³-hybridized carbons (Fsp3) is 0.500. The number of methoxy groups -OCH3 is 1. The van der Waals surface area contributed by atoms with E-state index in [2.05, 4.69) is 4.98 Å². The molecule has 3 rings (SSSR count). The number of rotatable bonds is 4. The predicted molar refractivity (Wildman–Crippen MR) is 82.2 cm³/mol. The van der Waals surface area contributed by atoms with E-state index in [-0.39, 0.29) is 11.8 Å². The predicted octanol–water partition coefficient (Wildman–Crippen LogP) is 1.30. The summed E-state index contributed by atoms with van der Waals surface area (Å²) >= 11 is 0. The number of benzene rings is 1. The molecule has 0 unspecified atom stereocenters. The zero-order valence-electron chi connectivity index (χ0n) is 13.2. The first-order chi connectivity index (χ1) is 11.0. The lowest BCUT2D eigenvalue weighted by molar-refractivity contribution is -0.146. The number of carbonyl (C=O) groups excluding carboxylic acids is 1. The molecule has 1 N–H and O–H groups in total. The zero-order valence-corrected chi connectivity index (χ0v) is 13.2. The van der Waals surface area contributed by atoms with Crippen molar-refractivity contribution >= 4 is 17.0 Å². The summed E-state index contributed by atoms with van der Waals surface area (Å²) in [6.45, 7) is 3.34. The molecule has 2 atom stereocenters. The van der Waals surface area contributed by atoms with Gasteiger partial charge in [0.25, 0.3) is 0 Å². The monoisotopic (exact) mass is 321 g/mol. The third kappa shape index (κ3) is 2.82. The van der Waals surface area contributed by atoms with E-state index in [1.165, 1.54) is 13.2 Å². The number of imidazole rings is 1. The Morgan fingerprint density at radius 1 is 1.52 bits per heavy atom. The second-order valence-electron chi connectivity index (χ2n) is 5.74. The molecular weight excluding hydrogens is 301 g/mol. The quantitative estimate of drug-likeness (QED) is 0.860. The number of nitrogens with zero attached hydrogens (tertiary/aromatic N) is 3. The average molecular weight is 321 g/mol. The Labute approximate surface area is 133 Å². The van der Waals surface area contributed by atoms with Crippen molar-refractivity contribution < 1.29 is 19.0 Å². The molecule has 6 nitrogen and oxygen atoms in total. The minimum absolute atomic E-state index is 0.332. The van der Waals surface area contributed by atoms with Gasteiger partial charge in [0, 0.05) is 19.5 Å². The highest BCUT2D eigenvalue weighted by Crippen LogP contribution is 2.24. The highest BCUT2D eigenvalue weighted by atomic mass is 19.1. The summed E-state index contributed by atoms with van der Waals surface area (Å²) in [6, 6.07) is 4.38. The lowest BCUT2D eigenvalue weighted by atomic mass is 10.2. The standard InChI is InChI=1S/C16H20FN3O3/c1-3-20-12-6-4-5-11(17)15(12)18-14(20)9-19-8-10(21)7-13(19)16(22)23-2/h4-6,10,13,21H,3,7-9H2,1-2H3/t10-,13+/m1/s1. The zero-order chi connectivity index (χ0) is 16.6. The van der Waals surface area contributed by atoms with Gasteiger partial charge in [0.1, 0.15) is 17.4 Å². The molecule has 2 heterocycles. The van der Waals surface area contributed by atoms with E-state index >= 15 is 0 Å². The van der Waals surface area contributed by atoms with Crippen molar-refractivity contribution in [2.24, 2.45) is 0 Å². The van der Waals surface area contributed by atoms with Gasteiger partial charge in [-0.2, -0.15) is 0 Å². The first-order valence-corrected chi connectivity index (χ1v) is 7.68. The van der Waals surface area contributed by atoms with Crippen molar-refractivity contribution in [2.75, 3.05) is 13.7 Å². The average Bonchev–Trinajstić information content (AvgIpc) is 3.08. The van der Waals surface area contributed by atoms with Gasteiger partial charge in [-0.15, -0.1) is 0 Å². The van der Waals surface area contributed by atoms with Crippen molar-refractivity contribution in [2.45, 2.75) is 38.6 Å². The van der Waals surface area contributed by atoms with Gasteiger partial charge in [-0.1, -0.05) is 6.07 Å². The van der Waals surface area contributed by atoms with E-state index in [1.807, 2.05) is 22.5 Å². The second-order valence-corrected chi connectivity index (χ2v) is 5.74. The van der Waals surface area contributed by atoms with Crippen LogP contribution in [0.5, 0.6) is 0 Å². The summed E-state index contributed by atoms with van der Waals surface area (Å²) in [5.41, 5.74) is 1.07. The van der Waals surface area contributed by atoms with Crippen LogP contribution in [0.2, 0.25) is 0 Å². The molecule has 1 aromatic heterocycles. The number of aliphatic hydroxyl groups excluding tert-OH is 1. The topological polar surface area (TPSA) is 67.6 Å². The molecule has 2 aromatic rings. The van der Waals surface area contributed by atoms with Crippen LogP contribution < -0.4 is 0 Å². The van der Waals surface area contributed by atoms with Gasteiger partial charge in [-0.05, 0) is 19.1 Å². The summed E-state index contributed by atoms with van der Waals surface area (Å²) in [5, 5.41) is 9.87. The van der Waals surface area contributed by atoms with Gasteiger partial charge in [0.15, 0.2) is 5.82 Å². The number of ether oxygens (including phenoxy) is 1. The van der Waals surface area contributed by atoms with Crippen molar-refractivity contribution in [3.05, 3.63) is 29.8 Å². The maximum absolute atomic E-state index is 13.9. The van der Waals surface area contributed by atoms with E-state index in [1.54, 1.807) is 6.07 Å². The molecular formula is C16H20FN3O3. The lowest BCUT2D eigenvalue weighted by Crippen LogP contribution is -2.37. The molecule has 1 aromatic carbocycles. The molecule has 0 bridgehead atoms. The third-order valence-electron chi connectivity index (χ3n) is 4.32. The molecule has 124 valence electrons. The molecule has 1 aliphatic rings. The Bertz CT molecular complexity index is 731. The second kappa shape index (κ2) is 6.25. The number of hydrogen-bond acceptors (Lipinski definition) is 5. The third-order valence-corrected chi connectivity index (χ3v) is 4.32. The normalized spacial score (nSPS) is 21.9. The molecule has 0 spiro atoms. The number of aliphatic hydroxyl groups is 1. The Morgan fingerprint density at radius 2 is 2.30 bits per heavy atom. The maximum atomic E-state index is 13.9. The minimum Gasteiger partial charge on any atom is -0.468 e. The first kappa shape index (κ1) is 15.9. The SMILES string of the molecule is CCn1c(CN2C[C@H](O)C[C@H]2C(=O)OC)nc2c(F)cccc21. The largest absolute Gasteiger partial charge is 0.468 e. The lowest BCUT2D eigenvalue weighted by Gasteiger charge is -2.21. The number of aromatic nitrogens is 2. The molecule has 0 amide bonds. The maximum Gasteiger partial charge on any atom is 0.323 e. The number of aryl methyl sites for hydroxylation is 1. The van der Waals surface area contributed by atoms with Crippen molar-refractivity contribution in [3.8, 4) is 0 Å². The number of likely N-dealkylation sites (tertiary alicyclic amines) is 1. The Kier molecular flexibility index (Phi) is 4.32. The van der Waals surface area contributed by atoms with Gasteiger partial charge >= 0.3 is 5.97 Å². The summed E-state index contributed by atoms with van der Waals surface area (Å²) in [5.74, 6) is -0.0515. The fourth-order valence-electron chi connectivity index (χ4n) is 3.25. The summed E-state index contributed by atoms with van der Waals surface area (Å²) in [6.07, 6.45) is -0.233. The molecule has 0 saturated carbocycles. The van der Waals surface area contributed by atoms with Crippen LogP contribution >= 0.6 is 0 Å². The van der Waals surface area contributed by atoms with Crippen molar-refractivity contribution in [3.63, 3.8) is 0 Å². The summed E-state index contributed by atoms with van der Waals surface area (Å²) in [4.78, 5) is 18.1. The van der Waals surface area contributed by atoms with Crippen molar-refractivity contribution in [1.82, 2.24) is 14.5 Å². The van der Waals surface area contributed by atoms with Crippen LogP contribution in [0.1, 0.15) is 19.2 Å². The number of carbonyl (C=O) groups is 1. The Balaban J connectivity index is 1.94. The van der Waals surface area contributed by atoms with Gasteiger partial charge in [-0.25, -0.2) is 9.37 Å². The van der Waals surface area contributed by atoms with E-state index in [0.29, 0.717) is 37.4 Å². The van der Waals surface area contributed by atoms with E-state index in [9.17, 15) is 14.3 Å². The van der Waals surface area contributed by atoms with Crippen LogP contribution in [0.3, 0.4) is 0 Å². The molecule has 7 heteroatoms. The fourth-order valence-corrected chi connectivity index (χ4v) is 3.25. The van der Waals surface area contributed by atoms with Gasteiger partial charge < -0.3 is 14.4 Å². The Morgan fingerprint density at radius 3 is 3.00 bits per heavy atom. The summed E-state index contributed by atoms with van der Waals surface area (Å²) < 4.78 is 20.7. The van der Waals surface area contributed by atoms with Crippen LogP contribution in [-0.2, 0) is 22.6 Å². The number of fused-ring (bicyclic) bond motifs is 1. The van der Waals surface area contributed by atoms with E-state index in [4.69, 9.17) is 4.74 Å².